The van der Waals surface area contributed by atoms with Crippen LogP contribution in [-0.2, 0) is 0 Å². The van der Waals surface area contributed by atoms with Crippen molar-refractivity contribution in [3.63, 3.8) is 0 Å². The summed E-state index contributed by atoms with van der Waals surface area (Å²) in [4.78, 5) is 7.28. The van der Waals surface area contributed by atoms with Crippen LogP contribution in [0.5, 0.6) is 0 Å². The van der Waals surface area contributed by atoms with Gasteiger partial charge < -0.3 is 15.2 Å². The van der Waals surface area contributed by atoms with Gasteiger partial charge in [0, 0.05) is 13.1 Å². The number of aromatic nitrogens is 2. The molecule has 0 saturated carbocycles. The van der Waals surface area contributed by atoms with Crippen LogP contribution >= 0.6 is 11.3 Å². The van der Waals surface area contributed by atoms with Gasteiger partial charge in [0.2, 0.25) is 0 Å². The number of anilines is 2. The molecular formula is C10H14N4OS. The Hall–Kier alpha value is -1.56. The molecule has 2 aromatic heterocycles. The van der Waals surface area contributed by atoms with Crippen molar-refractivity contribution in [3.05, 3.63) is 12.1 Å². The van der Waals surface area contributed by atoms with E-state index < -0.39 is 0 Å². The highest BCUT2D eigenvalue weighted by Gasteiger charge is 2.13. The summed E-state index contributed by atoms with van der Waals surface area (Å²) in [5, 5.41) is 4.70. The standard InChI is InChI=1S/C10H14N4OS/c1-3-14(4-2)10-12-9(15-13-10)7-5-6-8(11)16-7/h5-6H,3-4,11H2,1-2H3. The normalized spacial score (nSPS) is 10.6. The van der Waals surface area contributed by atoms with Crippen molar-refractivity contribution < 1.29 is 4.52 Å². The fraction of sp³-hybridized carbons (Fsp3) is 0.400. The van der Waals surface area contributed by atoms with E-state index in [-0.39, 0.29) is 0 Å². The zero-order valence-corrected chi connectivity index (χ0v) is 10.1. The van der Waals surface area contributed by atoms with Crippen LogP contribution in [0.15, 0.2) is 16.7 Å². The van der Waals surface area contributed by atoms with Gasteiger partial charge in [-0.05, 0) is 31.1 Å². The summed E-state index contributed by atoms with van der Waals surface area (Å²) in [5.74, 6) is 1.16. The van der Waals surface area contributed by atoms with Crippen molar-refractivity contribution in [2.24, 2.45) is 0 Å². The lowest BCUT2D eigenvalue weighted by molar-refractivity contribution is 0.430. The lowest BCUT2D eigenvalue weighted by atomic mass is 10.4. The van der Waals surface area contributed by atoms with E-state index in [1.807, 2.05) is 17.0 Å². The second kappa shape index (κ2) is 4.52. The first-order valence-corrected chi connectivity index (χ1v) is 6.00. The largest absolute Gasteiger partial charge is 0.391 e. The van der Waals surface area contributed by atoms with Crippen LogP contribution in [0.1, 0.15) is 13.8 Å². The molecule has 0 unspecified atom stereocenters. The molecule has 0 aliphatic heterocycles. The van der Waals surface area contributed by atoms with Crippen molar-refractivity contribution in [2.75, 3.05) is 23.7 Å². The van der Waals surface area contributed by atoms with E-state index in [9.17, 15) is 0 Å². The maximum atomic E-state index is 5.65. The van der Waals surface area contributed by atoms with Crippen molar-refractivity contribution in [1.29, 1.82) is 0 Å². The molecule has 0 saturated heterocycles. The molecule has 0 spiro atoms. The zero-order valence-electron chi connectivity index (χ0n) is 9.30. The van der Waals surface area contributed by atoms with Crippen LogP contribution in [0.25, 0.3) is 10.8 Å². The molecule has 2 rings (SSSR count). The average Bonchev–Trinajstić information content (AvgIpc) is 2.89. The van der Waals surface area contributed by atoms with Gasteiger partial charge in [-0.1, -0.05) is 0 Å². The Morgan fingerprint density at radius 2 is 2.12 bits per heavy atom. The molecule has 2 aromatic rings. The first-order valence-electron chi connectivity index (χ1n) is 5.19. The van der Waals surface area contributed by atoms with Crippen LogP contribution in [0.3, 0.4) is 0 Å². The predicted molar refractivity (Wildman–Crippen MR) is 65.6 cm³/mol. The van der Waals surface area contributed by atoms with E-state index in [1.165, 1.54) is 11.3 Å². The lowest BCUT2D eigenvalue weighted by Gasteiger charge is -2.14. The Morgan fingerprint density at radius 3 is 2.69 bits per heavy atom. The van der Waals surface area contributed by atoms with Crippen LogP contribution in [0.2, 0.25) is 0 Å². The van der Waals surface area contributed by atoms with E-state index in [1.54, 1.807) is 0 Å². The number of thiophene rings is 1. The molecule has 0 aliphatic rings. The molecule has 86 valence electrons. The van der Waals surface area contributed by atoms with Gasteiger partial charge in [-0.25, -0.2) is 0 Å². The Bertz CT molecular complexity index is 461. The van der Waals surface area contributed by atoms with E-state index in [0.717, 1.165) is 23.0 Å². The smallest absolute Gasteiger partial charge is 0.269 e. The second-order valence-corrected chi connectivity index (χ2v) is 4.39. The number of nitrogens with two attached hydrogens (primary N) is 1. The minimum Gasteiger partial charge on any atom is -0.391 e. The predicted octanol–water partition coefficient (Wildman–Crippen LogP) is 2.23. The molecule has 0 aliphatic carbocycles. The van der Waals surface area contributed by atoms with Gasteiger partial charge in [0.1, 0.15) is 0 Å². The van der Waals surface area contributed by atoms with Gasteiger partial charge in [0.15, 0.2) is 0 Å². The molecule has 5 nitrogen and oxygen atoms in total. The first-order chi connectivity index (χ1) is 7.74. The quantitative estimate of drug-likeness (QED) is 0.884. The molecule has 6 heteroatoms. The fourth-order valence-electron chi connectivity index (χ4n) is 1.42. The van der Waals surface area contributed by atoms with Gasteiger partial charge in [0.25, 0.3) is 11.8 Å². The minimum atomic E-state index is 0.531. The highest BCUT2D eigenvalue weighted by molar-refractivity contribution is 7.19. The van der Waals surface area contributed by atoms with Crippen LogP contribution in [0.4, 0.5) is 10.9 Å². The van der Waals surface area contributed by atoms with E-state index in [0.29, 0.717) is 11.8 Å². The van der Waals surface area contributed by atoms with Crippen molar-refractivity contribution in [1.82, 2.24) is 10.1 Å². The maximum absolute atomic E-state index is 5.65. The summed E-state index contributed by atoms with van der Waals surface area (Å²) >= 11 is 1.44. The third-order valence-corrected chi connectivity index (χ3v) is 3.20. The molecule has 0 atom stereocenters. The van der Waals surface area contributed by atoms with Crippen LogP contribution in [0, 0.1) is 0 Å². The number of hydrogen-bond acceptors (Lipinski definition) is 6. The molecule has 0 bridgehead atoms. The summed E-state index contributed by atoms with van der Waals surface area (Å²) in [6.45, 7) is 5.84. The molecular weight excluding hydrogens is 224 g/mol. The molecule has 2 N–H and O–H groups in total. The summed E-state index contributed by atoms with van der Waals surface area (Å²) < 4.78 is 5.20. The maximum Gasteiger partial charge on any atom is 0.269 e. The summed E-state index contributed by atoms with van der Waals surface area (Å²) in [5.41, 5.74) is 5.65. The first kappa shape index (κ1) is 10.9. The average molecular weight is 238 g/mol. The SMILES string of the molecule is CCN(CC)c1noc(-c2ccc(N)s2)n1. The van der Waals surface area contributed by atoms with E-state index >= 15 is 0 Å². The highest BCUT2D eigenvalue weighted by atomic mass is 32.1. The van der Waals surface area contributed by atoms with Gasteiger partial charge in [-0.3, -0.25) is 0 Å². The third-order valence-electron chi connectivity index (χ3n) is 2.30. The topological polar surface area (TPSA) is 68.2 Å². The van der Waals surface area contributed by atoms with Crippen molar-refractivity contribution in [3.8, 4) is 10.8 Å². The molecule has 0 fully saturated rings. The van der Waals surface area contributed by atoms with E-state index in [4.69, 9.17) is 10.3 Å². The minimum absolute atomic E-state index is 0.531. The summed E-state index contributed by atoms with van der Waals surface area (Å²) in [6.07, 6.45) is 0. The number of rotatable bonds is 4. The number of nitrogen functional groups attached to an aromatic ring is 1. The molecule has 2 heterocycles. The lowest BCUT2D eigenvalue weighted by Crippen LogP contribution is -2.22. The number of nitrogens with zero attached hydrogens (tertiary/aromatic N) is 3. The Labute approximate surface area is 97.9 Å². The monoisotopic (exact) mass is 238 g/mol. The zero-order chi connectivity index (χ0) is 11.5. The second-order valence-electron chi connectivity index (χ2n) is 3.27. The highest BCUT2D eigenvalue weighted by Crippen LogP contribution is 2.29. The molecule has 0 radical (unpaired) electrons. The fourth-order valence-corrected chi connectivity index (χ4v) is 2.11. The molecule has 0 amide bonds. The summed E-state index contributed by atoms with van der Waals surface area (Å²) in [6, 6.07) is 3.72. The Balaban J connectivity index is 2.25. The van der Waals surface area contributed by atoms with Crippen molar-refractivity contribution in [2.45, 2.75) is 13.8 Å². The summed E-state index contributed by atoms with van der Waals surface area (Å²) in [7, 11) is 0. The number of hydrogen-bond donors (Lipinski definition) is 1. The van der Waals surface area contributed by atoms with Gasteiger partial charge in [-0.2, -0.15) is 4.98 Å². The van der Waals surface area contributed by atoms with Gasteiger partial charge >= 0.3 is 0 Å². The van der Waals surface area contributed by atoms with Crippen LogP contribution in [-0.4, -0.2) is 23.2 Å². The van der Waals surface area contributed by atoms with E-state index in [2.05, 4.69) is 24.0 Å². The third kappa shape index (κ3) is 2.01. The van der Waals surface area contributed by atoms with Crippen molar-refractivity contribution >= 4 is 22.3 Å². The van der Waals surface area contributed by atoms with Gasteiger partial charge in [-0.15, -0.1) is 11.3 Å². The van der Waals surface area contributed by atoms with Gasteiger partial charge in [0.05, 0.1) is 9.88 Å². The molecule has 0 aromatic carbocycles. The van der Waals surface area contributed by atoms with Crippen LogP contribution < -0.4 is 10.6 Å². The Kier molecular flexibility index (Phi) is 3.09. The Morgan fingerprint density at radius 1 is 1.38 bits per heavy atom. The molecule has 16 heavy (non-hydrogen) atoms.